The van der Waals surface area contributed by atoms with Crippen LogP contribution in [0.3, 0.4) is 0 Å². The van der Waals surface area contributed by atoms with Gasteiger partial charge in [-0.2, -0.15) is 17.6 Å². The van der Waals surface area contributed by atoms with E-state index < -0.39 is 25.4 Å². The van der Waals surface area contributed by atoms with Crippen LogP contribution in [0.25, 0.3) is 0 Å². The second-order valence-electron chi connectivity index (χ2n) is 2.06. The molecule has 0 atom stereocenters. The summed E-state index contributed by atoms with van der Waals surface area (Å²) in [6.45, 7) is -2.48. The van der Waals surface area contributed by atoms with E-state index in [4.69, 9.17) is 0 Å². The predicted molar refractivity (Wildman–Crippen MR) is 42.8 cm³/mol. The van der Waals surface area contributed by atoms with Crippen LogP contribution in [0.5, 0.6) is 0 Å². The molecule has 0 saturated heterocycles. The Hall–Kier alpha value is 0.330. The molecule has 0 bridgehead atoms. The number of hydrogen-bond donors (Lipinski definition) is 0. The molecule has 0 heterocycles. The Morgan fingerprint density at radius 3 is 1.92 bits per heavy atom. The highest BCUT2D eigenvalue weighted by Gasteiger charge is 2.44. The summed E-state index contributed by atoms with van der Waals surface area (Å²) in [6, 6.07) is 0. The molecule has 0 spiro atoms. The lowest BCUT2D eigenvalue weighted by atomic mass is 10.6. The molecule has 0 rings (SSSR count). The molecule has 0 aromatic heterocycles. The van der Waals surface area contributed by atoms with Crippen molar-refractivity contribution in [3.8, 4) is 0 Å². The maximum Gasteiger partial charge on any atom is 0.384 e. The molecule has 0 aliphatic rings. The Morgan fingerprint density at radius 1 is 1.08 bits per heavy atom. The first-order chi connectivity index (χ1) is 5.83. The van der Waals surface area contributed by atoms with Crippen LogP contribution in [0.4, 0.5) is 17.6 Å². The van der Waals surface area contributed by atoms with E-state index in [0.29, 0.717) is 0 Å². The molecule has 80 valence electrons. The van der Waals surface area contributed by atoms with Crippen molar-refractivity contribution in [1.82, 2.24) is 0 Å². The topological polar surface area (TPSA) is 27.7 Å². The van der Waals surface area contributed by atoms with Crippen LogP contribution in [0.2, 0.25) is 0 Å². The van der Waals surface area contributed by atoms with Gasteiger partial charge in [0, 0.05) is 7.11 Å². The molecule has 8 heteroatoms. The van der Waals surface area contributed by atoms with E-state index in [9.17, 15) is 17.6 Å². The quantitative estimate of drug-likeness (QED) is 0.555. The summed E-state index contributed by atoms with van der Waals surface area (Å²) in [7, 11) is 0.949. The summed E-state index contributed by atoms with van der Waals surface area (Å²) in [5.74, 6) is 0. The Labute approximate surface area is 86.0 Å². The second-order valence-corrected chi connectivity index (χ2v) is 2.69. The Balaban J connectivity index is 4.07. The number of ether oxygens (including phenoxy) is 2. The zero-order valence-corrected chi connectivity index (χ0v) is 8.69. The van der Waals surface area contributed by atoms with Gasteiger partial charge in [0.05, 0.1) is 0 Å². The minimum absolute atomic E-state index is 0.949. The monoisotopic (exact) mass is 318 g/mol. The van der Waals surface area contributed by atoms with Crippen molar-refractivity contribution in [2.45, 2.75) is 12.2 Å². The average Bonchev–Trinajstić information content (AvgIpc) is 1.82. The summed E-state index contributed by atoms with van der Waals surface area (Å²) >= 11 is 1.15. The van der Waals surface area contributed by atoms with Crippen molar-refractivity contribution in [2.24, 2.45) is 0 Å². The van der Waals surface area contributed by atoms with E-state index in [0.717, 1.165) is 30.1 Å². The number of methoxy groups -OCH3 is 1. The molecular formula is C5H7F4IO3. The average molecular weight is 318 g/mol. The smallest absolute Gasteiger partial charge is 0.376 e. The molecule has 0 unspecified atom stereocenters. The van der Waals surface area contributed by atoms with Crippen molar-refractivity contribution in [3.63, 3.8) is 0 Å². The number of rotatable bonds is 6. The Kier molecular flexibility index (Phi) is 5.40. The van der Waals surface area contributed by atoms with Crippen LogP contribution in [-0.2, 0) is 12.5 Å². The van der Waals surface area contributed by atoms with Crippen LogP contribution in [0.1, 0.15) is 0 Å². The van der Waals surface area contributed by atoms with Gasteiger partial charge in [-0.25, -0.2) is 0 Å². The van der Waals surface area contributed by atoms with Gasteiger partial charge in [-0.3, -0.25) is 4.74 Å². The molecule has 0 aromatic rings. The van der Waals surface area contributed by atoms with Gasteiger partial charge in [0.25, 0.3) is 0 Å². The third kappa shape index (κ3) is 6.41. The number of halogens is 5. The fraction of sp³-hybridized carbons (Fsp3) is 1.00. The Morgan fingerprint density at radius 2 is 1.54 bits per heavy atom. The minimum atomic E-state index is -4.02. The van der Waals surface area contributed by atoms with Crippen molar-refractivity contribution >= 4 is 23.0 Å². The molecule has 0 N–H and O–H groups in total. The highest BCUT2D eigenvalue weighted by molar-refractivity contribution is 14.1. The highest BCUT2D eigenvalue weighted by atomic mass is 127. The Bertz CT molecular complexity index is 139. The first-order valence-corrected chi connectivity index (χ1v) is 3.89. The van der Waals surface area contributed by atoms with Gasteiger partial charge < -0.3 is 7.80 Å². The molecule has 3 nitrogen and oxygen atoms in total. The van der Waals surface area contributed by atoms with Gasteiger partial charge in [-0.1, -0.05) is 0 Å². The SMILES string of the molecule is COCC(F)(F)OC(F)(F)COI. The minimum Gasteiger partial charge on any atom is -0.376 e. The molecule has 0 amide bonds. The van der Waals surface area contributed by atoms with Crippen molar-refractivity contribution in [1.29, 1.82) is 0 Å². The zero-order chi connectivity index (χ0) is 10.5. The third-order valence-electron chi connectivity index (χ3n) is 0.834. The van der Waals surface area contributed by atoms with Crippen molar-refractivity contribution < 1.29 is 30.1 Å². The number of alkyl halides is 4. The molecule has 13 heavy (non-hydrogen) atoms. The summed E-state index contributed by atoms with van der Waals surface area (Å²) in [4.78, 5) is 0. The summed E-state index contributed by atoms with van der Waals surface area (Å²) in [6.07, 6.45) is -8.05. The zero-order valence-electron chi connectivity index (χ0n) is 6.53. The van der Waals surface area contributed by atoms with Gasteiger partial charge in [0.15, 0.2) is 6.61 Å². The normalized spacial score (nSPS) is 13.4. The van der Waals surface area contributed by atoms with Gasteiger partial charge >= 0.3 is 12.2 Å². The summed E-state index contributed by atoms with van der Waals surface area (Å²) in [5, 5.41) is 0. The molecule has 0 radical (unpaired) electrons. The molecule has 0 aliphatic carbocycles. The lowest BCUT2D eigenvalue weighted by Crippen LogP contribution is -2.38. The third-order valence-corrected chi connectivity index (χ3v) is 1.15. The lowest BCUT2D eigenvalue weighted by Gasteiger charge is -2.21. The molecule has 0 saturated carbocycles. The predicted octanol–water partition coefficient (Wildman–Crippen LogP) is 2.20. The first kappa shape index (κ1) is 13.3. The largest absolute Gasteiger partial charge is 0.384 e. The summed E-state index contributed by atoms with van der Waals surface area (Å²) < 4.78 is 60.5. The van der Waals surface area contributed by atoms with Gasteiger partial charge in [-0.15, -0.1) is 0 Å². The van der Waals surface area contributed by atoms with Crippen LogP contribution in [0, 0.1) is 0 Å². The van der Waals surface area contributed by atoms with E-state index in [2.05, 4.69) is 12.5 Å². The van der Waals surface area contributed by atoms with Crippen LogP contribution < -0.4 is 0 Å². The molecule has 0 aliphatic heterocycles. The van der Waals surface area contributed by atoms with E-state index in [-0.39, 0.29) is 0 Å². The van der Waals surface area contributed by atoms with Gasteiger partial charge in [0.1, 0.15) is 29.6 Å². The number of hydrogen-bond acceptors (Lipinski definition) is 3. The maximum absolute atomic E-state index is 12.4. The second kappa shape index (κ2) is 5.27. The molecular weight excluding hydrogens is 311 g/mol. The van der Waals surface area contributed by atoms with E-state index >= 15 is 0 Å². The van der Waals surface area contributed by atoms with Crippen molar-refractivity contribution in [3.05, 3.63) is 0 Å². The van der Waals surface area contributed by atoms with Crippen LogP contribution in [0.15, 0.2) is 0 Å². The van der Waals surface area contributed by atoms with Crippen LogP contribution >= 0.6 is 23.0 Å². The fourth-order valence-electron chi connectivity index (χ4n) is 0.509. The van der Waals surface area contributed by atoms with Gasteiger partial charge in [-0.05, 0) is 0 Å². The van der Waals surface area contributed by atoms with E-state index in [1.165, 1.54) is 0 Å². The summed E-state index contributed by atoms with van der Waals surface area (Å²) in [5.41, 5.74) is 0. The standard InChI is InChI=1S/C5H7F4IO3/c1-11-2-4(6,7)13-5(8,9)3-12-10/h2-3H2,1H3. The van der Waals surface area contributed by atoms with Crippen molar-refractivity contribution in [2.75, 3.05) is 20.3 Å². The van der Waals surface area contributed by atoms with Crippen LogP contribution in [-0.4, -0.2) is 32.5 Å². The molecule has 0 fully saturated rings. The lowest BCUT2D eigenvalue weighted by molar-refractivity contribution is -0.386. The first-order valence-electron chi connectivity index (χ1n) is 3.01. The van der Waals surface area contributed by atoms with E-state index in [1.807, 2.05) is 0 Å². The fourth-order valence-corrected chi connectivity index (χ4v) is 0.871. The maximum atomic E-state index is 12.4. The molecule has 0 aromatic carbocycles. The van der Waals surface area contributed by atoms with Gasteiger partial charge in [0.2, 0.25) is 0 Å². The van der Waals surface area contributed by atoms with E-state index in [1.54, 1.807) is 0 Å². The highest BCUT2D eigenvalue weighted by Crippen LogP contribution is 2.27.